The Morgan fingerprint density at radius 2 is 1.77 bits per heavy atom. The maximum atomic E-state index is 12.3. The van der Waals surface area contributed by atoms with Crippen LogP contribution in [-0.4, -0.2) is 23.8 Å². The van der Waals surface area contributed by atoms with Gasteiger partial charge in [0.05, 0.1) is 18.4 Å². The largest absolute Gasteiger partial charge is 0.497 e. The standard InChI is InChI=1S/C22H17N5O2S/c1-29-16-9-7-15(8-10-16)26-19(28)13-30-22-18(12-24)20(14-5-3-2-4-6-14)17(11-23)21(25)27-22/h2-10H,13H2,1H3,(H2,25,27)(H,26,28). The molecule has 3 N–H and O–H groups in total. The van der Waals surface area contributed by atoms with E-state index in [1.807, 2.05) is 24.3 Å². The van der Waals surface area contributed by atoms with Crippen LogP contribution in [0.3, 0.4) is 0 Å². The van der Waals surface area contributed by atoms with Gasteiger partial charge >= 0.3 is 0 Å². The van der Waals surface area contributed by atoms with E-state index < -0.39 is 0 Å². The molecule has 0 spiro atoms. The monoisotopic (exact) mass is 415 g/mol. The zero-order chi connectivity index (χ0) is 21.5. The van der Waals surface area contributed by atoms with Crippen molar-refractivity contribution in [3.05, 3.63) is 65.7 Å². The molecule has 0 bridgehead atoms. The quantitative estimate of drug-likeness (QED) is 0.586. The number of benzene rings is 2. The summed E-state index contributed by atoms with van der Waals surface area (Å²) in [6, 6.07) is 20.1. The second-order valence-electron chi connectivity index (χ2n) is 6.08. The fourth-order valence-electron chi connectivity index (χ4n) is 2.80. The van der Waals surface area contributed by atoms with Crippen LogP contribution >= 0.6 is 11.8 Å². The van der Waals surface area contributed by atoms with Gasteiger partial charge in [0.25, 0.3) is 0 Å². The smallest absolute Gasteiger partial charge is 0.234 e. The Bertz CT molecular complexity index is 1150. The Hall–Kier alpha value is -4.01. The molecule has 0 atom stereocenters. The molecule has 1 heterocycles. The van der Waals surface area contributed by atoms with E-state index in [1.165, 1.54) is 0 Å². The predicted molar refractivity (Wildman–Crippen MR) is 116 cm³/mol. The summed E-state index contributed by atoms with van der Waals surface area (Å²) in [4.78, 5) is 16.5. The molecule has 2 aromatic carbocycles. The van der Waals surface area contributed by atoms with Crippen molar-refractivity contribution >= 4 is 29.2 Å². The normalized spacial score (nSPS) is 9.97. The van der Waals surface area contributed by atoms with E-state index in [9.17, 15) is 15.3 Å². The van der Waals surface area contributed by atoms with Crippen LogP contribution in [0.2, 0.25) is 0 Å². The van der Waals surface area contributed by atoms with Crippen molar-refractivity contribution in [3.63, 3.8) is 0 Å². The summed E-state index contributed by atoms with van der Waals surface area (Å²) in [6.45, 7) is 0. The van der Waals surface area contributed by atoms with Gasteiger partial charge in [0.15, 0.2) is 0 Å². The van der Waals surface area contributed by atoms with Gasteiger partial charge in [-0.15, -0.1) is 0 Å². The Balaban J connectivity index is 1.85. The van der Waals surface area contributed by atoms with Crippen LogP contribution < -0.4 is 15.8 Å². The molecule has 7 nitrogen and oxygen atoms in total. The van der Waals surface area contributed by atoms with Crippen LogP contribution in [0.25, 0.3) is 11.1 Å². The molecule has 0 aliphatic heterocycles. The molecule has 148 valence electrons. The lowest BCUT2D eigenvalue weighted by Crippen LogP contribution is -2.14. The van der Waals surface area contributed by atoms with Gasteiger partial charge in [0.2, 0.25) is 5.91 Å². The number of nitriles is 2. The summed E-state index contributed by atoms with van der Waals surface area (Å²) < 4.78 is 5.09. The lowest BCUT2D eigenvalue weighted by molar-refractivity contribution is -0.113. The molecule has 8 heteroatoms. The molecule has 3 aromatic rings. The van der Waals surface area contributed by atoms with Crippen LogP contribution in [0.1, 0.15) is 11.1 Å². The highest BCUT2D eigenvalue weighted by atomic mass is 32.2. The minimum atomic E-state index is -0.264. The van der Waals surface area contributed by atoms with Crippen LogP contribution in [0.4, 0.5) is 11.5 Å². The number of nitrogens with two attached hydrogens (primary N) is 1. The first kappa shape index (κ1) is 20.7. The number of thioether (sulfide) groups is 1. The van der Waals surface area contributed by atoms with E-state index in [4.69, 9.17) is 10.5 Å². The number of rotatable bonds is 6. The number of nitrogen functional groups attached to an aromatic ring is 1. The fraction of sp³-hybridized carbons (Fsp3) is 0.0909. The molecule has 0 unspecified atom stereocenters. The molecule has 0 fully saturated rings. The molecule has 1 amide bonds. The van der Waals surface area contributed by atoms with Crippen LogP contribution in [-0.2, 0) is 4.79 Å². The highest BCUT2D eigenvalue weighted by molar-refractivity contribution is 8.00. The van der Waals surface area contributed by atoms with E-state index in [-0.39, 0.29) is 28.6 Å². The zero-order valence-electron chi connectivity index (χ0n) is 16.0. The third-order valence-corrected chi connectivity index (χ3v) is 5.17. The molecule has 3 rings (SSSR count). The van der Waals surface area contributed by atoms with Gasteiger partial charge in [-0.25, -0.2) is 4.98 Å². The molecule has 30 heavy (non-hydrogen) atoms. The van der Waals surface area contributed by atoms with Crippen LogP contribution in [0, 0.1) is 22.7 Å². The second-order valence-corrected chi connectivity index (χ2v) is 7.05. The minimum Gasteiger partial charge on any atom is -0.497 e. The number of pyridine rings is 1. The number of amides is 1. The number of carbonyl (C=O) groups is 1. The lowest BCUT2D eigenvalue weighted by atomic mass is 9.97. The average molecular weight is 415 g/mol. The number of methoxy groups -OCH3 is 1. The highest BCUT2D eigenvalue weighted by Crippen LogP contribution is 2.35. The van der Waals surface area contributed by atoms with Gasteiger partial charge < -0.3 is 15.8 Å². The van der Waals surface area contributed by atoms with Crippen molar-refractivity contribution in [2.75, 3.05) is 23.9 Å². The molecule has 0 aliphatic rings. The number of nitrogens with one attached hydrogen (secondary N) is 1. The number of ether oxygens (including phenoxy) is 1. The Labute approximate surface area is 178 Å². The second kappa shape index (κ2) is 9.46. The topological polar surface area (TPSA) is 125 Å². The average Bonchev–Trinajstić information content (AvgIpc) is 2.78. The molecule has 0 saturated heterocycles. The molecule has 0 saturated carbocycles. The van der Waals surface area contributed by atoms with Gasteiger partial charge in [-0.2, -0.15) is 10.5 Å². The first-order valence-corrected chi connectivity index (χ1v) is 9.81. The molecule has 1 aromatic heterocycles. The minimum absolute atomic E-state index is 0.0211. The van der Waals surface area contributed by atoms with E-state index in [2.05, 4.69) is 16.4 Å². The Morgan fingerprint density at radius 1 is 1.10 bits per heavy atom. The lowest BCUT2D eigenvalue weighted by Gasteiger charge is -2.13. The Morgan fingerprint density at radius 3 is 2.37 bits per heavy atom. The molecule has 0 radical (unpaired) electrons. The summed E-state index contributed by atoms with van der Waals surface area (Å²) in [7, 11) is 1.57. The number of anilines is 2. The number of nitrogens with zero attached hydrogens (tertiary/aromatic N) is 3. The zero-order valence-corrected chi connectivity index (χ0v) is 16.9. The fourth-order valence-corrected chi connectivity index (χ4v) is 3.60. The maximum Gasteiger partial charge on any atom is 0.234 e. The van der Waals surface area contributed by atoms with E-state index in [1.54, 1.807) is 43.5 Å². The number of hydrogen-bond acceptors (Lipinski definition) is 7. The summed E-state index contributed by atoms with van der Waals surface area (Å²) in [6.07, 6.45) is 0. The van der Waals surface area contributed by atoms with Gasteiger partial charge in [0.1, 0.15) is 34.3 Å². The molecular formula is C22H17N5O2S. The highest BCUT2D eigenvalue weighted by Gasteiger charge is 2.21. The van der Waals surface area contributed by atoms with Crippen LogP contribution in [0.15, 0.2) is 59.6 Å². The maximum absolute atomic E-state index is 12.3. The summed E-state index contributed by atoms with van der Waals surface area (Å²) in [5.41, 5.74) is 8.07. The van der Waals surface area contributed by atoms with Crippen molar-refractivity contribution in [2.24, 2.45) is 0 Å². The molecule has 0 aliphatic carbocycles. The number of aromatic nitrogens is 1. The van der Waals surface area contributed by atoms with Gasteiger partial charge in [-0.1, -0.05) is 42.1 Å². The van der Waals surface area contributed by atoms with Crippen molar-refractivity contribution in [1.29, 1.82) is 10.5 Å². The summed E-state index contributed by atoms with van der Waals surface area (Å²) >= 11 is 1.09. The van der Waals surface area contributed by atoms with Crippen molar-refractivity contribution < 1.29 is 9.53 Å². The van der Waals surface area contributed by atoms with E-state index in [0.717, 1.165) is 11.8 Å². The first-order valence-electron chi connectivity index (χ1n) is 8.83. The third-order valence-electron chi connectivity index (χ3n) is 4.19. The van der Waals surface area contributed by atoms with Gasteiger partial charge in [0, 0.05) is 11.3 Å². The summed E-state index contributed by atoms with van der Waals surface area (Å²) in [5, 5.41) is 22.4. The SMILES string of the molecule is COc1ccc(NC(=O)CSc2nc(N)c(C#N)c(-c3ccccc3)c2C#N)cc1. The van der Waals surface area contributed by atoms with Gasteiger partial charge in [-0.3, -0.25) is 4.79 Å². The Kier molecular flexibility index (Phi) is 6.53. The van der Waals surface area contributed by atoms with Crippen LogP contribution in [0.5, 0.6) is 5.75 Å². The molecular weight excluding hydrogens is 398 g/mol. The van der Waals surface area contributed by atoms with E-state index >= 15 is 0 Å². The van der Waals surface area contributed by atoms with Gasteiger partial charge in [-0.05, 0) is 29.8 Å². The number of hydrogen-bond donors (Lipinski definition) is 2. The van der Waals surface area contributed by atoms with Crippen molar-refractivity contribution in [3.8, 4) is 29.0 Å². The summed E-state index contributed by atoms with van der Waals surface area (Å²) in [5.74, 6) is 0.466. The van der Waals surface area contributed by atoms with Crippen molar-refractivity contribution in [1.82, 2.24) is 4.98 Å². The predicted octanol–water partition coefficient (Wildman–Crippen LogP) is 3.81. The van der Waals surface area contributed by atoms with Crippen molar-refractivity contribution in [2.45, 2.75) is 5.03 Å². The number of carbonyl (C=O) groups excluding carboxylic acids is 1. The third kappa shape index (κ3) is 4.52. The first-order chi connectivity index (χ1) is 14.6. The van der Waals surface area contributed by atoms with E-state index in [0.29, 0.717) is 27.6 Å².